The molecule has 0 amide bonds. The molecule has 1 atom stereocenters. The molecule has 1 rings (SSSR count). The van der Waals surface area contributed by atoms with Gasteiger partial charge in [-0.2, -0.15) is 0 Å². The van der Waals surface area contributed by atoms with Crippen LogP contribution in [0.15, 0.2) is 24.3 Å². The fourth-order valence-electron chi connectivity index (χ4n) is 1.82. The summed E-state index contributed by atoms with van der Waals surface area (Å²) in [6.45, 7) is 3.72. The van der Waals surface area contributed by atoms with E-state index in [2.05, 4.69) is 0 Å². The van der Waals surface area contributed by atoms with E-state index in [0.717, 1.165) is 5.56 Å². The summed E-state index contributed by atoms with van der Waals surface area (Å²) in [5, 5.41) is 0. The van der Waals surface area contributed by atoms with E-state index in [1.807, 2.05) is 25.1 Å². The maximum absolute atomic E-state index is 12.1. The summed E-state index contributed by atoms with van der Waals surface area (Å²) < 4.78 is 10.7. The van der Waals surface area contributed by atoms with E-state index in [4.69, 9.17) is 9.79 Å². The molecule has 0 saturated carbocycles. The van der Waals surface area contributed by atoms with Crippen LogP contribution in [0.25, 0.3) is 0 Å². The number of benzene rings is 1. The Morgan fingerprint density at radius 3 is 2.61 bits per heavy atom. The number of hydrogen-bond acceptors (Lipinski definition) is 2. The fourth-order valence-corrected chi connectivity index (χ4v) is 2.41. The largest absolute Gasteiger partial charge is 0.325 e. The Labute approximate surface area is 107 Å². The van der Waals surface area contributed by atoms with E-state index in [0.29, 0.717) is 18.4 Å². The lowest BCUT2D eigenvalue weighted by Crippen LogP contribution is -2.12. The number of hydrogen-bond donors (Lipinski definition) is 2. The van der Waals surface area contributed by atoms with Crippen LogP contribution in [0.1, 0.15) is 35.7 Å². The van der Waals surface area contributed by atoms with Crippen LogP contribution in [0.5, 0.6) is 0 Å². The first-order chi connectivity index (χ1) is 8.29. The van der Waals surface area contributed by atoms with Crippen LogP contribution in [-0.4, -0.2) is 21.7 Å². The lowest BCUT2D eigenvalue weighted by Gasteiger charge is -2.11. The molecule has 0 aromatic heterocycles. The van der Waals surface area contributed by atoms with Crippen molar-refractivity contribution < 1.29 is 19.1 Å². The summed E-state index contributed by atoms with van der Waals surface area (Å²) in [6.07, 6.45) is 0.708. The van der Waals surface area contributed by atoms with Gasteiger partial charge in [0, 0.05) is 17.6 Å². The highest BCUT2D eigenvalue weighted by atomic mass is 31.2. The molecule has 1 aromatic rings. The maximum atomic E-state index is 12.1. The van der Waals surface area contributed by atoms with Gasteiger partial charge in [-0.3, -0.25) is 9.36 Å². The molecule has 0 aliphatic heterocycles. The van der Waals surface area contributed by atoms with E-state index in [-0.39, 0.29) is 17.9 Å². The van der Waals surface area contributed by atoms with E-state index < -0.39 is 7.60 Å². The molecule has 0 aliphatic rings. The van der Waals surface area contributed by atoms with Crippen LogP contribution in [-0.2, 0) is 4.57 Å². The topological polar surface area (TPSA) is 74.6 Å². The van der Waals surface area contributed by atoms with Gasteiger partial charge in [-0.15, -0.1) is 0 Å². The van der Waals surface area contributed by atoms with Crippen molar-refractivity contribution in [2.75, 3.05) is 6.16 Å². The summed E-state index contributed by atoms with van der Waals surface area (Å²) in [5.74, 6) is -0.178. The summed E-state index contributed by atoms with van der Waals surface area (Å²) >= 11 is 0. The number of Topliss-reactive ketones (excluding diaryl/α,β-unsaturated/α-hetero) is 1. The van der Waals surface area contributed by atoms with Gasteiger partial charge in [-0.1, -0.05) is 30.7 Å². The van der Waals surface area contributed by atoms with Crippen LogP contribution in [0.2, 0.25) is 0 Å². The van der Waals surface area contributed by atoms with Crippen LogP contribution >= 0.6 is 7.60 Å². The highest BCUT2D eigenvalue weighted by molar-refractivity contribution is 7.51. The average molecular weight is 270 g/mol. The number of aryl methyl sites for hydroxylation is 1. The average Bonchev–Trinajstić information content (AvgIpc) is 2.26. The highest BCUT2D eigenvalue weighted by Gasteiger charge is 2.18. The summed E-state index contributed by atoms with van der Waals surface area (Å²) in [4.78, 5) is 29.6. The van der Waals surface area contributed by atoms with E-state index in [1.54, 1.807) is 13.0 Å². The molecule has 1 aromatic carbocycles. The van der Waals surface area contributed by atoms with Crippen LogP contribution in [0.4, 0.5) is 0 Å². The molecule has 0 saturated heterocycles. The molecule has 0 spiro atoms. The van der Waals surface area contributed by atoms with Gasteiger partial charge in [0.2, 0.25) is 0 Å². The minimum atomic E-state index is -3.94. The SMILES string of the molecule is Cc1cccc(C(=O)C(C)CCCP(=O)(O)O)c1. The van der Waals surface area contributed by atoms with E-state index in [9.17, 15) is 9.36 Å². The van der Waals surface area contributed by atoms with E-state index in [1.165, 1.54) is 0 Å². The third-order valence-electron chi connectivity index (χ3n) is 2.84. The molecule has 0 heterocycles. The lowest BCUT2D eigenvalue weighted by molar-refractivity contribution is 0.0923. The minimum absolute atomic E-state index is 0.0319. The Morgan fingerprint density at radius 2 is 2.06 bits per heavy atom. The van der Waals surface area contributed by atoms with E-state index >= 15 is 0 Å². The molecule has 1 unspecified atom stereocenters. The Balaban J connectivity index is 2.54. The summed E-state index contributed by atoms with van der Waals surface area (Å²) in [6, 6.07) is 7.37. The van der Waals surface area contributed by atoms with Gasteiger partial charge in [-0.25, -0.2) is 0 Å². The molecule has 0 radical (unpaired) electrons. The van der Waals surface area contributed by atoms with Crippen molar-refractivity contribution in [2.45, 2.75) is 26.7 Å². The molecule has 100 valence electrons. The first-order valence-electron chi connectivity index (χ1n) is 5.95. The molecule has 4 nitrogen and oxygen atoms in total. The Bertz CT molecular complexity index is 464. The third kappa shape index (κ3) is 5.13. The zero-order valence-electron chi connectivity index (χ0n) is 10.7. The van der Waals surface area contributed by atoms with Gasteiger partial charge < -0.3 is 9.79 Å². The maximum Gasteiger partial charge on any atom is 0.325 e. The monoisotopic (exact) mass is 270 g/mol. The standard InChI is InChI=1S/C13H19O4P/c1-10-5-3-7-12(9-10)13(14)11(2)6-4-8-18(15,16)17/h3,5,7,9,11H,4,6,8H2,1-2H3,(H2,15,16,17). The smallest absolute Gasteiger partial charge is 0.324 e. The molecule has 5 heteroatoms. The highest BCUT2D eigenvalue weighted by Crippen LogP contribution is 2.35. The van der Waals surface area contributed by atoms with Crippen LogP contribution in [0.3, 0.4) is 0 Å². The first-order valence-corrected chi connectivity index (χ1v) is 7.75. The molecule has 0 fully saturated rings. The second-order valence-electron chi connectivity index (χ2n) is 4.67. The second kappa shape index (κ2) is 6.28. The van der Waals surface area contributed by atoms with Crippen molar-refractivity contribution in [1.82, 2.24) is 0 Å². The zero-order chi connectivity index (χ0) is 13.8. The van der Waals surface area contributed by atoms with Crippen molar-refractivity contribution in [1.29, 1.82) is 0 Å². The van der Waals surface area contributed by atoms with Crippen molar-refractivity contribution in [3.05, 3.63) is 35.4 Å². The van der Waals surface area contributed by atoms with Gasteiger partial charge in [0.05, 0.1) is 0 Å². The first kappa shape index (κ1) is 15.1. The van der Waals surface area contributed by atoms with Crippen LogP contribution in [0, 0.1) is 12.8 Å². The normalized spacial score (nSPS) is 13.3. The Hall–Kier alpha value is -0.960. The van der Waals surface area contributed by atoms with Gasteiger partial charge in [0.1, 0.15) is 0 Å². The van der Waals surface area contributed by atoms with Crippen molar-refractivity contribution >= 4 is 13.4 Å². The third-order valence-corrected chi connectivity index (χ3v) is 3.74. The Morgan fingerprint density at radius 1 is 1.39 bits per heavy atom. The zero-order valence-corrected chi connectivity index (χ0v) is 11.6. The van der Waals surface area contributed by atoms with Gasteiger partial charge >= 0.3 is 7.60 Å². The molecular weight excluding hydrogens is 251 g/mol. The van der Waals surface area contributed by atoms with Gasteiger partial charge in [0.25, 0.3) is 0 Å². The number of carbonyl (C=O) groups is 1. The van der Waals surface area contributed by atoms with Crippen molar-refractivity contribution in [2.24, 2.45) is 5.92 Å². The summed E-state index contributed by atoms with van der Waals surface area (Å²) in [5.41, 5.74) is 1.70. The second-order valence-corrected chi connectivity index (χ2v) is 6.44. The quantitative estimate of drug-likeness (QED) is 0.615. The van der Waals surface area contributed by atoms with Gasteiger partial charge in [-0.05, 0) is 25.8 Å². The number of ketones is 1. The van der Waals surface area contributed by atoms with Crippen LogP contribution < -0.4 is 0 Å². The number of rotatable bonds is 6. The predicted molar refractivity (Wildman–Crippen MR) is 70.8 cm³/mol. The molecular formula is C13H19O4P. The predicted octanol–water partition coefficient (Wildman–Crippen LogP) is 2.77. The fraction of sp³-hybridized carbons (Fsp3) is 0.462. The lowest BCUT2D eigenvalue weighted by atomic mass is 9.94. The summed E-state index contributed by atoms with van der Waals surface area (Å²) in [7, 11) is -3.94. The molecule has 0 aliphatic carbocycles. The Kier molecular flexibility index (Phi) is 5.27. The minimum Gasteiger partial charge on any atom is -0.324 e. The number of carbonyl (C=O) groups excluding carboxylic acids is 1. The van der Waals surface area contributed by atoms with Crippen molar-refractivity contribution in [3.8, 4) is 0 Å². The van der Waals surface area contributed by atoms with Gasteiger partial charge in [0.15, 0.2) is 5.78 Å². The van der Waals surface area contributed by atoms with Crippen molar-refractivity contribution in [3.63, 3.8) is 0 Å². The molecule has 2 N–H and O–H groups in total. The molecule has 18 heavy (non-hydrogen) atoms. The molecule has 0 bridgehead atoms.